The molecule has 1 amide bonds. The van der Waals surface area contributed by atoms with Crippen molar-refractivity contribution in [3.8, 4) is 5.75 Å². The first-order valence-corrected chi connectivity index (χ1v) is 18.3. The Morgan fingerprint density at radius 2 is 2.09 bits per heavy atom. The lowest BCUT2D eigenvalue weighted by molar-refractivity contribution is -0.0584. The highest BCUT2D eigenvalue weighted by atomic mass is 35.5. The Balaban J connectivity index is 1.40. The van der Waals surface area contributed by atoms with Gasteiger partial charge in [-0.25, -0.2) is 4.21 Å². The van der Waals surface area contributed by atoms with Crippen LogP contribution in [0.1, 0.15) is 66.9 Å². The number of ether oxygens (including phenoxy) is 2. The highest BCUT2D eigenvalue weighted by Gasteiger charge is 2.44. The van der Waals surface area contributed by atoms with Gasteiger partial charge in [-0.15, -0.1) is 0 Å². The molecule has 2 aromatic carbocycles. The number of benzene rings is 2. The number of carbonyl (C=O) groups excluding carboxylic acids is 1. The summed E-state index contributed by atoms with van der Waals surface area (Å²) < 4.78 is 29.1. The minimum absolute atomic E-state index is 0.0516. The standard InChI is InChI=1S/C35H45ClN2O6S/c1-23-6-3-4-8-32(43-20-28(40)19-39)29-12-9-26(29)18-38-21-35(15-5-7-24-16-27(36)11-13-30(24)35)22-44-33-14-10-25(17-31(33)38)34(41)37-45(23,2)42/h4,8,10-11,13-14,16-17,23,26,28-29,32,39-40H,2-3,5-7,9,12,15,18-22H2,1H3,(H,37,41,42)/b8-4+/t23-,26+,28+,29-,32+,35+,45?/m1/s1. The van der Waals surface area contributed by atoms with Crippen molar-refractivity contribution in [3.05, 3.63) is 70.3 Å². The van der Waals surface area contributed by atoms with Crippen molar-refractivity contribution < 1.29 is 28.7 Å². The van der Waals surface area contributed by atoms with Crippen LogP contribution in [0.15, 0.2) is 48.6 Å². The van der Waals surface area contributed by atoms with E-state index in [0.717, 1.165) is 61.7 Å². The number of anilines is 1. The third-order valence-corrected chi connectivity index (χ3v) is 12.6. The summed E-state index contributed by atoms with van der Waals surface area (Å²) in [5.41, 5.74) is 3.56. The van der Waals surface area contributed by atoms with Crippen molar-refractivity contribution >= 4 is 38.8 Å². The van der Waals surface area contributed by atoms with E-state index in [1.165, 1.54) is 11.1 Å². The van der Waals surface area contributed by atoms with Gasteiger partial charge in [0.25, 0.3) is 5.91 Å². The molecule has 7 atom stereocenters. The molecule has 1 unspecified atom stereocenters. The van der Waals surface area contributed by atoms with Crippen LogP contribution in [0, 0.1) is 11.8 Å². The van der Waals surface area contributed by atoms with Crippen molar-refractivity contribution in [2.24, 2.45) is 11.8 Å². The maximum atomic E-state index is 13.5. The minimum Gasteiger partial charge on any atom is -0.490 e. The lowest BCUT2D eigenvalue weighted by Crippen LogP contribution is -2.50. The molecule has 2 heterocycles. The van der Waals surface area contributed by atoms with Gasteiger partial charge in [0.1, 0.15) is 11.9 Å². The van der Waals surface area contributed by atoms with Gasteiger partial charge in [-0.1, -0.05) is 29.8 Å². The van der Waals surface area contributed by atoms with E-state index in [2.05, 4.69) is 33.7 Å². The Kier molecular flexibility index (Phi) is 9.56. The number of aliphatic hydroxyl groups is 2. The van der Waals surface area contributed by atoms with Crippen LogP contribution in [0.5, 0.6) is 5.75 Å². The topological polar surface area (TPSA) is 108 Å². The third kappa shape index (κ3) is 6.79. The number of fused-ring (bicyclic) bond motifs is 4. The molecule has 0 aromatic heterocycles. The van der Waals surface area contributed by atoms with Crippen LogP contribution >= 0.6 is 11.6 Å². The molecule has 0 saturated heterocycles. The van der Waals surface area contributed by atoms with Gasteiger partial charge in [0.05, 0.1) is 41.3 Å². The molecule has 8 nitrogen and oxygen atoms in total. The summed E-state index contributed by atoms with van der Waals surface area (Å²) in [5, 5.41) is 19.9. The van der Waals surface area contributed by atoms with E-state index in [1.54, 1.807) is 6.07 Å². The Hall–Kier alpha value is -2.56. The summed E-state index contributed by atoms with van der Waals surface area (Å²) in [4.78, 5) is 15.9. The molecule has 244 valence electrons. The number of nitrogens with zero attached hydrogens (tertiary/aromatic N) is 1. The molecule has 2 aliphatic carbocycles. The van der Waals surface area contributed by atoms with Crippen LogP contribution in [-0.4, -0.2) is 76.6 Å². The van der Waals surface area contributed by atoms with E-state index in [4.69, 9.17) is 21.1 Å². The van der Waals surface area contributed by atoms with Crippen LogP contribution in [-0.2, 0) is 26.3 Å². The number of aryl methyl sites for hydroxylation is 1. The highest BCUT2D eigenvalue weighted by molar-refractivity contribution is 7.99. The molecule has 2 aliphatic heterocycles. The zero-order valence-corrected chi connectivity index (χ0v) is 27.5. The van der Waals surface area contributed by atoms with Crippen LogP contribution < -0.4 is 14.4 Å². The van der Waals surface area contributed by atoms with E-state index >= 15 is 0 Å². The van der Waals surface area contributed by atoms with Crippen molar-refractivity contribution in [1.82, 2.24) is 4.72 Å². The number of rotatable bonds is 4. The highest BCUT2D eigenvalue weighted by Crippen LogP contribution is 2.47. The number of hydrogen-bond acceptors (Lipinski definition) is 7. The number of carbonyl (C=O) groups is 1. The summed E-state index contributed by atoms with van der Waals surface area (Å²) >= 11 is 6.42. The average molecular weight is 657 g/mol. The predicted octanol–water partition coefficient (Wildman–Crippen LogP) is 4.68. The average Bonchev–Trinajstić information content (AvgIpc) is 3.15. The molecular weight excluding hydrogens is 612 g/mol. The second-order valence-corrected chi connectivity index (χ2v) is 16.3. The molecule has 1 spiro atoms. The van der Waals surface area contributed by atoms with Crippen molar-refractivity contribution in [2.75, 3.05) is 37.8 Å². The molecule has 0 radical (unpaired) electrons. The first-order chi connectivity index (χ1) is 21.6. The lowest BCUT2D eigenvalue weighted by Gasteiger charge is -2.46. The van der Waals surface area contributed by atoms with Crippen LogP contribution in [0.2, 0.25) is 5.02 Å². The summed E-state index contributed by atoms with van der Waals surface area (Å²) in [7, 11) is -2.92. The summed E-state index contributed by atoms with van der Waals surface area (Å²) in [6.07, 6.45) is 9.19. The van der Waals surface area contributed by atoms with Gasteiger partial charge in [-0.3, -0.25) is 9.52 Å². The number of aliphatic hydroxyl groups excluding tert-OH is 2. The van der Waals surface area contributed by atoms with E-state index < -0.39 is 21.7 Å². The molecule has 2 bridgehead atoms. The second kappa shape index (κ2) is 13.3. The number of hydrogen-bond donors (Lipinski definition) is 3. The molecule has 2 aromatic rings. The van der Waals surface area contributed by atoms with Gasteiger partial charge in [-0.2, -0.15) is 0 Å². The van der Waals surface area contributed by atoms with Crippen molar-refractivity contribution in [1.29, 1.82) is 0 Å². The zero-order valence-electron chi connectivity index (χ0n) is 26.0. The molecule has 1 saturated carbocycles. The monoisotopic (exact) mass is 656 g/mol. The minimum atomic E-state index is -2.92. The molecule has 45 heavy (non-hydrogen) atoms. The predicted molar refractivity (Wildman–Crippen MR) is 180 cm³/mol. The van der Waals surface area contributed by atoms with Gasteiger partial charge in [0, 0.05) is 34.3 Å². The van der Waals surface area contributed by atoms with Gasteiger partial charge in [-0.05, 0) is 111 Å². The molecule has 4 aliphatic rings. The normalized spacial score (nSPS) is 33.1. The number of halogens is 1. The van der Waals surface area contributed by atoms with Crippen LogP contribution in [0.25, 0.3) is 0 Å². The smallest absolute Gasteiger partial charge is 0.262 e. The largest absolute Gasteiger partial charge is 0.490 e. The van der Waals surface area contributed by atoms with Gasteiger partial charge >= 0.3 is 0 Å². The number of amides is 1. The van der Waals surface area contributed by atoms with Gasteiger partial charge in [0.2, 0.25) is 0 Å². The molecule has 10 heteroatoms. The fourth-order valence-electron chi connectivity index (χ4n) is 7.46. The Labute approximate surface area is 271 Å². The number of allylic oxidation sites excluding steroid dienone is 1. The van der Waals surface area contributed by atoms with Crippen molar-refractivity contribution in [3.63, 3.8) is 0 Å². The molecule has 3 N–H and O–H groups in total. The fraction of sp³-hybridized carbons (Fsp3) is 0.543. The Morgan fingerprint density at radius 1 is 1.24 bits per heavy atom. The van der Waals surface area contributed by atoms with Crippen LogP contribution in [0.3, 0.4) is 0 Å². The maximum absolute atomic E-state index is 13.5. The third-order valence-electron chi connectivity index (χ3n) is 10.3. The summed E-state index contributed by atoms with van der Waals surface area (Å²) in [5.74, 6) is 4.78. The maximum Gasteiger partial charge on any atom is 0.262 e. The SMILES string of the molecule is C=S1(=O)NC(=O)c2ccc3c(c2)N(C[C@@H]2CC[C@H]2[C@@H](OC[C@@H](O)CO)/C=C/CC[C@H]1C)C[C@@]1(CCCc2cc(Cl)ccc21)CO3. The Bertz CT molecular complexity index is 1550. The summed E-state index contributed by atoms with van der Waals surface area (Å²) in [6, 6.07) is 11.7. The number of nitrogens with one attached hydrogen (secondary N) is 1. The zero-order chi connectivity index (χ0) is 31.8. The first kappa shape index (κ1) is 32.4. The fourth-order valence-corrected chi connectivity index (χ4v) is 8.80. The molecule has 1 fully saturated rings. The van der Waals surface area contributed by atoms with E-state index in [-0.39, 0.29) is 35.9 Å². The van der Waals surface area contributed by atoms with Gasteiger partial charge in [0.15, 0.2) is 0 Å². The molecule has 6 rings (SSSR count). The van der Waals surface area contributed by atoms with E-state index in [9.17, 15) is 19.2 Å². The Morgan fingerprint density at radius 3 is 2.87 bits per heavy atom. The van der Waals surface area contributed by atoms with Crippen molar-refractivity contribution in [2.45, 2.75) is 74.7 Å². The second-order valence-electron chi connectivity index (χ2n) is 13.4. The quantitative estimate of drug-likeness (QED) is 0.324. The lowest BCUT2D eigenvalue weighted by atomic mass is 9.68. The van der Waals surface area contributed by atoms with Gasteiger partial charge < -0.3 is 24.6 Å². The molecular formula is C35H45ClN2O6S. The van der Waals surface area contributed by atoms with Crippen LogP contribution in [0.4, 0.5) is 5.69 Å². The van der Waals surface area contributed by atoms with E-state index in [0.29, 0.717) is 30.9 Å². The summed E-state index contributed by atoms with van der Waals surface area (Å²) in [6.45, 7) is 3.53. The first-order valence-electron chi connectivity index (χ1n) is 16.1. The van der Waals surface area contributed by atoms with E-state index in [1.807, 2.05) is 31.2 Å².